The number of carbonyl (C=O) groups is 1. The average molecular weight is 418 g/mol. The monoisotopic (exact) mass is 417 g/mol. The van der Waals surface area contributed by atoms with Gasteiger partial charge in [-0.1, -0.05) is 72.4 Å². The highest BCUT2D eigenvalue weighted by Crippen LogP contribution is 2.31. The predicted molar refractivity (Wildman–Crippen MR) is 122 cm³/mol. The Morgan fingerprint density at radius 1 is 1.03 bits per heavy atom. The minimum absolute atomic E-state index is 0.00580. The zero-order valence-corrected chi connectivity index (χ0v) is 17.2. The van der Waals surface area contributed by atoms with E-state index >= 15 is 0 Å². The van der Waals surface area contributed by atoms with Crippen LogP contribution in [0.4, 0.5) is 5.69 Å². The molecule has 1 N–H and O–H groups in total. The van der Waals surface area contributed by atoms with Crippen LogP contribution in [0, 0.1) is 0 Å². The van der Waals surface area contributed by atoms with Crippen molar-refractivity contribution in [3.63, 3.8) is 0 Å². The number of rotatable bonds is 7. The maximum Gasteiger partial charge on any atom is 0.230 e. The Hall–Kier alpha value is -2.96. The van der Waals surface area contributed by atoms with E-state index in [1.807, 2.05) is 85.1 Å². The van der Waals surface area contributed by atoms with E-state index in [-0.39, 0.29) is 5.91 Å². The molecular weight excluding hydrogens is 398 g/mol. The Morgan fingerprint density at radius 3 is 2.59 bits per heavy atom. The third kappa shape index (κ3) is 5.53. The summed E-state index contributed by atoms with van der Waals surface area (Å²) in [6.45, 7) is 0.545. The van der Waals surface area contributed by atoms with Crippen molar-refractivity contribution in [1.82, 2.24) is 10.3 Å². The number of nitrogens with zero attached hydrogens (tertiary/aromatic N) is 2. The van der Waals surface area contributed by atoms with Crippen molar-refractivity contribution < 1.29 is 4.79 Å². The standard InChI is InChI=1S/C23H19N3OS2/c27-22(25-15-18-9-5-2-6-10-18)16-28-23-26-20-12-11-19(13-21(20)29-23)24-14-17-7-3-1-4-8-17/h1-14H,15-16H2,(H,25,27). The van der Waals surface area contributed by atoms with Crippen LogP contribution in [0.1, 0.15) is 11.1 Å². The summed E-state index contributed by atoms with van der Waals surface area (Å²) in [5, 5.41) is 2.94. The van der Waals surface area contributed by atoms with Crippen molar-refractivity contribution >= 4 is 51.1 Å². The van der Waals surface area contributed by atoms with E-state index in [0.29, 0.717) is 12.3 Å². The van der Waals surface area contributed by atoms with Gasteiger partial charge >= 0.3 is 0 Å². The molecule has 1 amide bonds. The summed E-state index contributed by atoms with van der Waals surface area (Å²) in [7, 11) is 0. The highest BCUT2D eigenvalue weighted by molar-refractivity contribution is 8.01. The van der Waals surface area contributed by atoms with Crippen LogP contribution in [0.15, 0.2) is 88.2 Å². The lowest BCUT2D eigenvalue weighted by Gasteiger charge is -2.03. The number of aromatic nitrogens is 1. The minimum atomic E-state index is 0.00580. The third-order valence-corrected chi connectivity index (χ3v) is 6.34. The van der Waals surface area contributed by atoms with Gasteiger partial charge in [0, 0.05) is 12.8 Å². The molecule has 0 aliphatic heterocycles. The molecule has 0 saturated heterocycles. The molecule has 0 unspecified atom stereocenters. The number of fused-ring (bicyclic) bond motifs is 1. The first-order chi connectivity index (χ1) is 14.3. The summed E-state index contributed by atoms with van der Waals surface area (Å²) in [6, 6.07) is 25.9. The molecule has 0 bridgehead atoms. The number of aliphatic imine (C=N–C) groups is 1. The molecule has 0 radical (unpaired) electrons. The van der Waals surface area contributed by atoms with Gasteiger partial charge in [-0.05, 0) is 29.3 Å². The summed E-state index contributed by atoms with van der Waals surface area (Å²) in [5.74, 6) is 0.359. The lowest BCUT2D eigenvalue weighted by Crippen LogP contribution is -2.24. The van der Waals surface area contributed by atoms with Gasteiger partial charge in [0.2, 0.25) is 5.91 Å². The van der Waals surface area contributed by atoms with Crippen molar-refractivity contribution in [2.75, 3.05) is 5.75 Å². The Kier molecular flexibility index (Phi) is 6.34. The van der Waals surface area contributed by atoms with Crippen molar-refractivity contribution in [3.05, 3.63) is 90.0 Å². The van der Waals surface area contributed by atoms with Gasteiger partial charge in [-0.25, -0.2) is 4.98 Å². The van der Waals surface area contributed by atoms with Gasteiger partial charge in [-0.3, -0.25) is 9.79 Å². The van der Waals surface area contributed by atoms with Crippen molar-refractivity contribution in [1.29, 1.82) is 0 Å². The molecule has 1 aromatic heterocycles. The van der Waals surface area contributed by atoms with Gasteiger partial charge < -0.3 is 5.32 Å². The number of thiazole rings is 1. The number of nitrogens with one attached hydrogen (secondary N) is 1. The van der Waals surface area contributed by atoms with Crippen molar-refractivity contribution in [2.45, 2.75) is 10.9 Å². The molecule has 0 aliphatic carbocycles. The quantitative estimate of drug-likeness (QED) is 0.321. The third-order valence-electron chi connectivity index (χ3n) is 4.17. The second kappa shape index (κ2) is 9.49. The van der Waals surface area contributed by atoms with E-state index in [1.165, 1.54) is 11.8 Å². The van der Waals surface area contributed by atoms with E-state index in [2.05, 4.69) is 15.3 Å². The smallest absolute Gasteiger partial charge is 0.230 e. The fraction of sp³-hybridized carbons (Fsp3) is 0.0870. The van der Waals surface area contributed by atoms with E-state index in [4.69, 9.17) is 0 Å². The molecule has 4 nitrogen and oxygen atoms in total. The molecule has 6 heteroatoms. The van der Waals surface area contributed by atoms with E-state index in [1.54, 1.807) is 11.3 Å². The van der Waals surface area contributed by atoms with Crippen LogP contribution in [-0.4, -0.2) is 22.9 Å². The SMILES string of the molecule is O=C(CSc1nc2ccc(N=Cc3ccccc3)cc2s1)NCc1ccccc1. The maximum atomic E-state index is 12.1. The van der Waals surface area contributed by atoms with Gasteiger partial charge in [0.05, 0.1) is 21.7 Å². The minimum Gasteiger partial charge on any atom is -0.351 e. The van der Waals surface area contributed by atoms with Gasteiger partial charge in [-0.2, -0.15) is 0 Å². The van der Waals surface area contributed by atoms with E-state index in [9.17, 15) is 4.79 Å². The van der Waals surface area contributed by atoms with Gasteiger partial charge in [-0.15, -0.1) is 11.3 Å². The van der Waals surface area contributed by atoms with Gasteiger partial charge in [0.25, 0.3) is 0 Å². The molecule has 3 aromatic carbocycles. The molecule has 4 aromatic rings. The lowest BCUT2D eigenvalue weighted by molar-refractivity contribution is -0.118. The van der Waals surface area contributed by atoms with Crippen LogP contribution in [0.25, 0.3) is 10.2 Å². The van der Waals surface area contributed by atoms with E-state index in [0.717, 1.165) is 31.4 Å². The van der Waals surface area contributed by atoms with Crippen LogP contribution in [-0.2, 0) is 11.3 Å². The van der Waals surface area contributed by atoms with Crippen LogP contribution >= 0.6 is 23.1 Å². The lowest BCUT2D eigenvalue weighted by atomic mass is 10.2. The summed E-state index contributed by atoms with van der Waals surface area (Å²) >= 11 is 3.05. The maximum absolute atomic E-state index is 12.1. The van der Waals surface area contributed by atoms with Crippen LogP contribution in [0.5, 0.6) is 0 Å². The summed E-state index contributed by atoms with van der Waals surface area (Å²) < 4.78 is 1.96. The second-order valence-corrected chi connectivity index (χ2v) is 8.60. The first kappa shape index (κ1) is 19.4. The largest absolute Gasteiger partial charge is 0.351 e. The number of hydrogen-bond donors (Lipinski definition) is 1. The number of thioether (sulfide) groups is 1. The Bertz CT molecular complexity index is 1120. The highest BCUT2D eigenvalue weighted by atomic mass is 32.2. The van der Waals surface area contributed by atoms with Crippen LogP contribution in [0.3, 0.4) is 0 Å². The second-order valence-electron chi connectivity index (χ2n) is 6.35. The number of amides is 1. The topological polar surface area (TPSA) is 54.4 Å². The Balaban J connectivity index is 1.35. The van der Waals surface area contributed by atoms with Crippen molar-refractivity contribution in [3.8, 4) is 0 Å². The molecular formula is C23H19N3OS2. The number of benzene rings is 3. The summed E-state index contributed by atoms with van der Waals surface area (Å²) in [4.78, 5) is 21.3. The Labute approximate surface area is 177 Å². The molecule has 144 valence electrons. The zero-order chi connectivity index (χ0) is 19.9. The fourth-order valence-electron chi connectivity index (χ4n) is 2.70. The molecule has 0 atom stereocenters. The Morgan fingerprint density at radius 2 is 1.79 bits per heavy atom. The van der Waals surface area contributed by atoms with Gasteiger partial charge in [0.15, 0.2) is 4.34 Å². The van der Waals surface area contributed by atoms with Crippen LogP contribution < -0.4 is 5.32 Å². The number of hydrogen-bond acceptors (Lipinski definition) is 5. The molecule has 1 heterocycles. The highest BCUT2D eigenvalue weighted by Gasteiger charge is 2.08. The van der Waals surface area contributed by atoms with Gasteiger partial charge in [0.1, 0.15) is 0 Å². The summed E-state index contributed by atoms with van der Waals surface area (Å²) in [6.07, 6.45) is 1.86. The zero-order valence-electron chi connectivity index (χ0n) is 15.6. The molecule has 0 aliphatic rings. The molecule has 29 heavy (non-hydrogen) atoms. The van der Waals surface area contributed by atoms with Crippen molar-refractivity contribution in [2.24, 2.45) is 4.99 Å². The predicted octanol–water partition coefficient (Wildman–Crippen LogP) is 5.46. The number of carbonyl (C=O) groups excluding carboxylic acids is 1. The molecule has 4 rings (SSSR count). The van der Waals surface area contributed by atoms with E-state index < -0.39 is 0 Å². The average Bonchev–Trinajstić information content (AvgIpc) is 3.18. The van der Waals surface area contributed by atoms with Crippen LogP contribution in [0.2, 0.25) is 0 Å². The summed E-state index contributed by atoms with van der Waals surface area (Å²) in [5.41, 5.74) is 3.98. The first-order valence-electron chi connectivity index (χ1n) is 9.19. The molecule has 0 fully saturated rings. The molecule has 0 saturated carbocycles. The molecule has 0 spiro atoms. The fourth-order valence-corrected chi connectivity index (χ4v) is 4.63. The first-order valence-corrected chi connectivity index (χ1v) is 11.0. The normalized spacial score (nSPS) is 11.2.